The fourth-order valence-electron chi connectivity index (χ4n) is 1.26. The molecule has 88 valence electrons. The van der Waals surface area contributed by atoms with Gasteiger partial charge in [0.15, 0.2) is 0 Å². The molecule has 16 heavy (non-hydrogen) atoms. The smallest absolute Gasteiger partial charge is 0.271 e. The number of benzene rings is 1. The van der Waals surface area contributed by atoms with Gasteiger partial charge >= 0.3 is 0 Å². The minimum atomic E-state index is -3.91. The lowest BCUT2D eigenvalue weighted by atomic mass is 10.1. The molecule has 3 N–H and O–H groups in total. The van der Waals surface area contributed by atoms with Crippen LogP contribution in [0.15, 0.2) is 18.2 Å². The van der Waals surface area contributed by atoms with Crippen molar-refractivity contribution in [2.45, 2.75) is 13.3 Å². The molecule has 0 unspecified atom stereocenters. The lowest BCUT2D eigenvalue weighted by Crippen LogP contribution is -2.21. The molecular formula is C8H11N3O4S. The molecule has 0 amide bonds. The topological polar surface area (TPSA) is 115 Å². The summed E-state index contributed by atoms with van der Waals surface area (Å²) in [4.78, 5) is 10.1. The van der Waals surface area contributed by atoms with E-state index < -0.39 is 15.1 Å². The predicted molar refractivity (Wildman–Crippen MR) is 59.2 cm³/mol. The number of hydrogen-bond acceptors (Lipinski definition) is 4. The third-order valence-corrected chi connectivity index (χ3v) is 2.44. The van der Waals surface area contributed by atoms with Crippen molar-refractivity contribution in [3.05, 3.63) is 33.9 Å². The van der Waals surface area contributed by atoms with Crippen LogP contribution >= 0.6 is 0 Å². The summed E-state index contributed by atoms with van der Waals surface area (Å²) >= 11 is 0. The molecule has 1 rings (SSSR count). The van der Waals surface area contributed by atoms with Crippen molar-refractivity contribution in [3.63, 3.8) is 0 Å². The van der Waals surface area contributed by atoms with Crippen molar-refractivity contribution >= 4 is 21.6 Å². The molecule has 0 aliphatic carbocycles. The second kappa shape index (κ2) is 4.45. The Morgan fingerprint density at radius 3 is 2.56 bits per heavy atom. The SMILES string of the molecule is CCc1ccc(NS(N)(=O)=O)cc1[N+](=O)[O-]. The zero-order valence-corrected chi connectivity index (χ0v) is 9.32. The third kappa shape index (κ3) is 3.17. The lowest BCUT2D eigenvalue weighted by molar-refractivity contribution is -0.385. The maximum absolute atomic E-state index is 10.7. The Kier molecular flexibility index (Phi) is 3.45. The van der Waals surface area contributed by atoms with Gasteiger partial charge in [-0.3, -0.25) is 14.8 Å². The van der Waals surface area contributed by atoms with Crippen LogP contribution in [0.5, 0.6) is 0 Å². The van der Waals surface area contributed by atoms with E-state index in [9.17, 15) is 18.5 Å². The van der Waals surface area contributed by atoms with Gasteiger partial charge in [-0.25, -0.2) is 5.14 Å². The molecule has 0 spiro atoms. The molecule has 8 heteroatoms. The number of nitrogens with one attached hydrogen (secondary N) is 1. The average Bonchev–Trinajstić information content (AvgIpc) is 2.15. The highest BCUT2D eigenvalue weighted by Crippen LogP contribution is 2.23. The zero-order valence-electron chi connectivity index (χ0n) is 8.50. The molecule has 0 saturated heterocycles. The van der Waals surface area contributed by atoms with Crippen molar-refractivity contribution < 1.29 is 13.3 Å². The van der Waals surface area contributed by atoms with Crippen LogP contribution in [0.1, 0.15) is 12.5 Å². The number of hydrogen-bond donors (Lipinski definition) is 2. The van der Waals surface area contributed by atoms with E-state index in [-0.39, 0.29) is 11.4 Å². The Hall–Kier alpha value is -1.67. The summed E-state index contributed by atoms with van der Waals surface area (Å²) in [6, 6.07) is 4.06. The Labute approximate surface area is 92.6 Å². The summed E-state index contributed by atoms with van der Waals surface area (Å²) in [5.41, 5.74) is 0.479. The van der Waals surface area contributed by atoms with E-state index in [0.29, 0.717) is 12.0 Å². The van der Waals surface area contributed by atoms with Crippen LogP contribution in [-0.2, 0) is 16.6 Å². The molecule has 0 aromatic heterocycles. The monoisotopic (exact) mass is 245 g/mol. The van der Waals surface area contributed by atoms with E-state index in [1.807, 2.05) is 4.72 Å². The van der Waals surface area contributed by atoms with E-state index in [1.54, 1.807) is 6.92 Å². The summed E-state index contributed by atoms with van der Waals surface area (Å²) in [5, 5.41) is 15.5. The fourth-order valence-corrected chi connectivity index (χ4v) is 1.72. The van der Waals surface area contributed by atoms with Crippen molar-refractivity contribution in [1.29, 1.82) is 0 Å². The number of nitrogens with zero attached hydrogens (tertiary/aromatic N) is 1. The molecule has 0 aliphatic heterocycles. The normalized spacial score (nSPS) is 11.1. The largest absolute Gasteiger partial charge is 0.296 e. The summed E-state index contributed by atoms with van der Waals surface area (Å²) in [5.74, 6) is 0. The van der Waals surface area contributed by atoms with E-state index in [2.05, 4.69) is 0 Å². The first-order valence-electron chi connectivity index (χ1n) is 4.41. The maximum atomic E-state index is 10.7. The first-order chi connectivity index (χ1) is 7.33. The van der Waals surface area contributed by atoms with E-state index >= 15 is 0 Å². The Morgan fingerprint density at radius 2 is 2.12 bits per heavy atom. The molecule has 7 nitrogen and oxygen atoms in total. The number of aryl methyl sites for hydroxylation is 1. The Balaban J connectivity index is 3.17. The molecule has 0 heterocycles. The Morgan fingerprint density at radius 1 is 1.50 bits per heavy atom. The van der Waals surface area contributed by atoms with Crippen LogP contribution < -0.4 is 9.86 Å². The van der Waals surface area contributed by atoms with Crippen molar-refractivity contribution in [3.8, 4) is 0 Å². The van der Waals surface area contributed by atoms with E-state index in [4.69, 9.17) is 5.14 Å². The van der Waals surface area contributed by atoms with Gasteiger partial charge in [0.05, 0.1) is 10.6 Å². The molecule has 1 aromatic rings. The predicted octanol–water partition coefficient (Wildman–Crippen LogP) is 0.773. The summed E-state index contributed by atoms with van der Waals surface area (Å²) in [6.45, 7) is 1.77. The van der Waals surface area contributed by atoms with Crippen molar-refractivity contribution in [1.82, 2.24) is 0 Å². The first-order valence-corrected chi connectivity index (χ1v) is 5.96. The molecule has 0 saturated carbocycles. The molecule has 0 aliphatic rings. The van der Waals surface area contributed by atoms with E-state index in [1.165, 1.54) is 12.1 Å². The number of nitro benzene ring substituents is 1. The van der Waals surface area contributed by atoms with E-state index in [0.717, 1.165) is 6.07 Å². The highest BCUT2D eigenvalue weighted by atomic mass is 32.2. The summed E-state index contributed by atoms with van der Waals surface area (Å²) < 4.78 is 23.4. The molecule has 0 fully saturated rings. The van der Waals surface area contributed by atoms with Crippen molar-refractivity contribution in [2.24, 2.45) is 5.14 Å². The lowest BCUT2D eigenvalue weighted by Gasteiger charge is -2.05. The highest BCUT2D eigenvalue weighted by Gasteiger charge is 2.14. The van der Waals surface area contributed by atoms with Gasteiger partial charge in [0.1, 0.15) is 0 Å². The van der Waals surface area contributed by atoms with Crippen LogP contribution in [-0.4, -0.2) is 13.3 Å². The number of anilines is 1. The second-order valence-electron chi connectivity index (χ2n) is 3.10. The van der Waals surface area contributed by atoms with Gasteiger partial charge in [-0.05, 0) is 12.5 Å². The molecule has 0 bridgehead atoms. The first kappa shape index (κ1) is 12.4. The summed E-state index contributed by atoms with van der Waals surface area (Å²) in [6.07, 6.45) is 0.492. The van der Waals surface area contributed by atoms with Gasteiger partial charge in [-0.15, -0.1) is 0 Å². The third-order valence-electron chi connectivity index (χ3n) is 1.92. The second-order valence-corrected chi connectivity index (χ2v) is 4.40. The quantitative estimate of drug-likeness (QED) is 0.602. The van der Waals surface area contributed by atoms with Gasteiger partial charge < -0.3 is 0 Å². The number of nitro groups is 1. The average molecular weight is 245 g/mol. The van der Waals surface area contributed by atoms with Crippen LogP contribution in [0.3, 0.4) is 0 Å². The minimum Gasteiger partial charge on any atom is -0.271 e. The van der Waals surface area contributed by atoms with Gasteiger partial charge in [0.2, 0.25) is 0 Å². The maximum Gasteiger partial charge on any atom is 0.296 e. The standard InChI is InChI=1S/C8H11N3O4S/c1-2-6-3-4-7(10-16(9,14)15)5-8(6)11(12)13/h3-5,10H,2H2,1H3,(H2,9,14,15). The molecule has 0 atom stereocenters. The molecule has 0 radical (unpaired) electrons. The van der Waals surface area contributed by atoms with Gasteiger partial charge in [0, 0.05) is 11.6 Å². The molecule has 1 aromatic carbocycles. The van der Waals surface area contributed by atoms with Crippen molar-refractivity contribution in [2.75, 3.05) is 4.72 Å². The summed E-state index contributed by atoms with van der Waals surface area (Å²) in [7, 11) is -3.91. The van der Waals surface area contributed by atoms with Crippen LogP contribution in [0.4, 0.5) is 11.4 Å². The minimum absolute atomic E-state index is 0.0754. The highest BCUT2D eigenvalue weighted by molar-refractivity contribution is 7.90. The van der Waals surface area contributed by atoms with Gasteiger partial charge in [-0.1, -0.05) is 13.0 Å². The zero-order chi connectivity index (χ0) is 12.3. The van der Waals surface area contributed by atoms with Gasteiger partial charge in [-0.2, -0.15) is 8.42 Å². The fraction of sp³-hybridized carbons (Fsp3) is 0.250. The van der Waals surface area contributed by atoms with Crippen LogP contribution in [0.25, 0.3) is 0 Å². The number of rotatable bonds is 4. The van der Waals surface area contributed by atoms with Gasteiger partial charge in [0.25, 0.3) is 15.9 Å². The Bertz CT molecular complexity index is 512. The van der Waals surface area contributed by atoms with Crippen LogP contribution in [0.2, 0.25) is 0 Å². The number of nitrogens with two attached hydrogens (primary N) is 1. The molecular weight excluding hydrogens is 234 g/mol. The van der Waals surface area contributed by atoms with Crippen LogP contribution in [0, 0.1) is 10.1 Å².